The van der Waals surface area contributed by atoms with Crippen LogP contribution in [0.4, 0.5) is 5.82 Å². The van der Waals surface area contributed by atoms with Gasteiger partial charge in [-0.2, -0.15) is 0 Å². The second-order valence-corrected chi connectivity index (χ2v) is 5.20. The van der Waals surface area contributed by atoms with Crippen molar-refractivity contribution in [2.75, 3.05) is 33.2 Å². The van der Waals surface area contributed by atoms with E-state index in [9.17, 15) is 0 Å². The van der Waals surface area contributed by atoms with Gasteiger partial charge in [0.2, 0.25) is 0 Å². The SMILES string of the molecule is COc1ccc(OC)c(CNCc2ccc(N(C)C)nc2)c1. The molecule has 0 saturated heterocycles. The molecule has 0 spiro atoms. The zero-order valence-corrected chi connectivity index (χ0v) is 13.6. The molecular formula is C17H23N3O2. The molecule has 0 aliphatic rings. The van der Waals surface area contributed by atoms with Gasteiger partial charge in [0.1, 0.15) is 17.3 Å². The molecule has 1 aromatic carbocycles. The highest BCUT2D eigenvalue weighted by Gasteiger charge is 2.05. The molecular weight excluding hydrogens is 278 g/mol. The minimum absolute atomic E-state index is 0.704. The molecule has 0 aliphatic heterocycles. The summed E-state index contributed by atoms with van der Waals surface area (Å²) >= 11 is 0. The van der Waals surface area contributed by atoms with Gasteiger partial charge in [0, 0.05) is 38.9 Å². The maximum atomic E-state index is 5.38. The number of aromatic nitrogens is 1. The van der Waals surface area contributed by atoms with Crippen molar-refractivity contribution in [2.45, 2.75) is 13.1 Å². The van der Waals surface area contributed by atoms with E-state index in [4.69, 9.17) is 9.47 Å². The number of ether oxygens (including phenoxy) is 2. The van der Waals surface area contributed by atoms with Crippen molar-refractivity contribution in [3.8, 4) is 11.5 Å². The van der Waals surface area contributed by atoms with Crippen molar-refractivity contribution < 1.29 is 9.47 Å². The van der Waals surface area contributed by atoms with Crippen LogP contribution in [0.2, 0.25) is 0 Å². The van der Waals surface area contributed by atoms with Crippen LogP contribution in [0.1, 0.15) is 11.1 Å². The first-order valence-corrected chi connectivity index (χ1v) is 7.18. The number of nitrogens with zero attached hydrogens (tertiary/aromatic N) is 2. The Bertz CT molecular complexity index is 597. The third kappa shape index (κ3) is 4.11. The van der Waals surface area contributed by atoms with Gasteiger partial charge in [-0.15, -0.1) is 0 Å². The molecule has 5 nitrogen and oxygen atoms in total. The lowest BCUT2D eigenvalue weighted by atomic mass is 10.2. The number of benzene rings is 1. The standard InChI is InChI=1S/C17H23N3O2/c1-20(2)17-8-5-13(11-19-17)10-18-12-14-9-15(21-3)6-7-16(14)22-4/h5-9,11,18H,10,12H2,1-4H3. The normalized spacial score (nSPS) is 10.4. The Morgan fingerprint density at radius 1 is 1.05 bits per heavy atom. The maximum Gasteiger partial charge on any atom is 0.127 e. The number of rotatable bonds is 7. The Morgan fingerprint density at radius 3 is 2.45 bits per heavy atom. The summed E-state index contributed by atoms with van der Waals surface area (Å²) in [5.74, 6) is 2.64. The fraction of sp³-hybridized carbons (Fsp3) is 0.353. The predicted molar refractivity (Wildman–Crippen MR) is 88.7 cm³/mol. The second kappa shape index (κ2) is 7.66. The van der Waals surface area contributed by atoms with Gasteiger partial charge >= 0.3 is 0 Å². The summed E-state index contributed by atoms with van der Waals surface area (Å²) in [5.41, 5.74) is 2.21. The van der Waals surface area contributed by atoms with E-state index in [-0.39, 0.29) is 0 Å². The Balaban J connectivity index is 1.95. The summed E-state index contributed by atoms with van der Waals surface area (Å²) in [7, 11) is 7.30. The highest BCUT2D eigenvalue weighted by molar-refractivity contribution is 5.40. The Morgan fingerprint density at radius 2 is 1.86 bits per heavy atom. The van der Waals surface area contributed by atoms with Crippen LogP contribution < -0.4 is 19.7 Å². The van der Waals surface area contributed by atoms with Gasteiger partial charge in [0.05, 0.1) is 14.2 Å². The minimum Gasteiger partial charge on any atom is -0.497 e. The molecule has 1 N–H and O–H groups in total. The number of hydrogen-bond acceptors (Lipinski definition) is 5. The van der Waals surface area contributed by atoms with E-state index in [0.717, 1.165) is 35.0 Å². The van der Waals surface area contributed by atoms with Crippen molar-refractivity contribution in [2.24, 2.45) is 0 Å². The van der Waals surface area contributed by atoms with E-state index >= 15 is 0 Å². The maximum absolute atomic E-state index is 5.38. The third-order valence-electron chi connectivity index (χ3n) is 3.40. The smallest absolute Gasteiger partial charge is 0.127 e. The fourth-order valence-corrected chi connectivity index (χ4v) is 2.15. The van der Waals surface area contributed by atoms with Crippen LogP contribution in [0.5, 0.6) is 11.5 Å². The summed E-state index contributed by atoms with van der Waals surface area (Å²) in [4.78, 5) is 6.39. The molecule has 0 amide bonds. The summed E-state index contributed by atoms with van der Waals surface area (Å²) in [6.45, 7) is 1.46. The molecule has 0 unspecified atom stereocenters. The van der Waals surface area contributed by atoms with Gasteiger partial charge in [0.25, 0.3) is 0 Å². The number of pyridine rings is 1. The van der Waals surface area contributed by atoms with Crippen molar-refractivity contribution in [3.05, 3.63) is 47.7 Å². The topological polar surface area (TPSA) is 46.6 Å². The van der Waals surface area contributed by atoms with E-state index in [1.807, 2.05) is 49.5 Å². The molecule has 22 heavy (non-hydrogen) atoms. The van der Waals surface area contributed by atoms with Gasteiger partial charge in [0.15, 0.2) is 0 Å². The average Bonchev–Trinajstić information content (AvgIpc) is 2.55. The first kappa shape index (κ1) is 16.1. The van der Waals surface area contributed by atoms with Crippen LogP contribution >= 0.6 is 0 Å². The lowest BCUT2D eigenvalue weighted by Crippen LogP contribution is -2.14. The summed E-state index contributed by atoms with van der Waals surface area (Å²) in [5, 5.41) is 3.40. The Hall–Kier alpha value is -2.27. The highest BCUT2D eigenvalue weighted by Crippen LogP contribution is 2.23. The zero-order chi connectivity index (χ0) is 15.9. The molecule has 0 fully saturated rings. The van der Waals surface area contributed by atoms with E-state index in [1.165, 1.54) is 0 Å². The first-order chi connectivity index (χ1) is 10.6. The lowest BCUT2D eigenvalue weighted by molar-refractivity contribution is 0.397. The van der Waals surface area contributed by atoms with Crippen LogP contribution in [0.3, 0.4) is 0 Å². The van der Waals surface area contributed by atoms with Crippen LogP contribution in [0.15, 0.2) is 36.5 Å². The summed E-state index contributed by atoms with van der Waals surface area (Å²) < 4.78 is 10.6. The first-order valence-electron chi connectivity index (χ1n) is 7.18. The summed E-state index contributed by atoms with van der Waals surface area (Å²) in [6, 6.07) is 9.90. The molecule has 1 heterocycles. The van der Waals surface area contributed by atoms with Crippen LogP contribution in [-0.2, 0) is 13.1 Å². The van der Waals surface area contributed by atoms with E-state index < -0.39 is 0 Å². The third-order valence-corrected chi connectivity index (χ3v) is 3.40. The van der Waals surface area contributed by atoms with Gasteiger partial charge in [-0.1, -0.05) is 6.07 Å². The molecule has 0 aliphatic carbocycles. The summed E-state index contributed by atoms with van der Waals surface area (Å²) in [6.07, 6.45) is 1.89. The molecule has 0 bridgehead atoms. The molecule has 5 heteroatoms. The zero-order valence-electron chi connectivity index (χ0n) is 13.6. The molecule has 1 aromatic heterocycles. The van der Waals surface area contributed by atoms with E-state index in [0.29, 0.717) is 6.54 Å². The van der Waals surface area contributed by atoms with Crippen LogP contribution in [0.25, 0.3) is 0 Å². The predicted octanol–water partition coefficient (Wildman–Crippen LogP) is 2.45. The largest absolute Gasteiger partial charge is 0.497 e. The van der Waals surface area contributed by atoms with Gasteiger partial charge in [-0.25, -0.2) is 4.98 Å². The van der Waals surface area contributed by atoms with Crippen LogP contribution in [0, 0.1) is 0 Å². The van der Waals surface area contributed by atoms with Gasteiger partial charge < -0.3 is 19.7 Å². The van der Waals surface area contributed by atoms with Crippen molar-refractivity contribution in [1.29, 1.82) is 0 Å². The minimum atomic E-state index is 0.704. The molecule has 118 valence electrons. The number of hydrogen-bond donors (Lipinski definition) is 1. The second-order valence-electron chi connectivity index (χ2n) is 5.20. The van der Waals surface area contributed by atoms with Crippen LogP contribution in [-0.4, -0.2) is 33.3 Å². The lowest BCUT2D eigenvalue weighted by Gasteiger charge is -2.13. The highest BCUT2D eigenvalue weighted by atomic mass is 16.5. The Kier molecular flexibility index (Phi) is 5.61. The van der Waals surface area contributed by atoms with Crippen molar-refractivity contribution >= 4 is 5.82 Å². The molecule has 2 aromatic rings. The Labute approximate surface area is 131 Å². The van der Waals surface area contributed by atoms with Crippen molar-refractivity contribution in [1.82, 2.24) is 10.3 Å². The van der Waals surface area contributed by atoms with E-state index in [2.05, 4.69) is 16.4 Å². The van der Waals surface area contributed by atoms with Gasteiger partial charge in [-0.05, 0) is 29.8 Å². The molecule has 0 atom stereocenters. The number of methoxy groups -OCH3 is 2. The molecule has 0 radical (unpaired) electrons. The van der Waals surface area contributed by atoms with Crippen molar-refractivity contribution in [3.63, 3.8) is 0 Å². The molecule has 2 rings (SSSR count). The number of anilines is 1. The fourth-order valence-electron chi connectivity index (χ4n) is 2.15. The average molecular weight is 301 g/mol. The van der Waals surface area contributed by atoms with E-state index in [1.54, 1.807) is 14.2 Å². The monoisotopic (exact) mass is 301 g/mol. The quantitative estimate of drug-likeness (QED) is 0.851. The molecule has 0 saturated carbocycles. The van der Waals surface area contributed by atoms with Gasteiger partial charge in [-0.3, -0.25) is 0 Å². The number of nitrogens with one attached hydrogen (secondary N) is 1.